The van der Waals surface area contributed by atoms with Crippen molar-refractivity contribution in [3.05, 3.63) is 0 Å². The molecule has 1 fully saturated rings. The van der Waals surface area contributed by atoms with Gasteiger partial charge in [0.05, 0.1) is 0 Å². The molecule has 13 heavy (non-hydrogen) atoms. The summed E-state index contributed by atoms with van der Waals surface area (Å²) in [5, 5.41) is 0. The van der Waals surface area contributed by atoms with Crippen LogP contribution in [0, 0.1) is 0 Å². The summed E-state index contributed by atoms with van der Waals surface area (Å²) < 4.78 is 5.90. The van der Waals surface area contributed by atoms with Crippen LogP contribution >= 0.6 is 0 Å². The number of nitrogens with zero attached hydrogens (tertiary/aromatic N) is 1. The fourth-order valence-electron chi connectivity index (χ4n) is 2.12. The van der Waals surface area contributed by atoms with E-state index < -0.39 is 0 Å². The molecular formula is C10H22BNO. The van der Waals surface area contributed by atoms with Crippen LogP contribution in [0.2, 0.25) is 11.6 Å². The third-order valence-corrected chi connectivity index (χ3v) is 3.05. The zero-order chi connectivity index (χ0) is 9.84. The SMILES string of the molecule is C[C@@H]1CC[C@H](C)B1OCCN(C)C. The molecule has 1 heterocycles. The Morgan fingerprint density at radius 2 is 1.77 bits per heavy atom. The van der Waals surface area contributed by atoms with E-state index in [4.69, 9.17) is 4.65 Å². The molecule has 0 unspecified atom stereocenters. The Labute approximate surface area is 82.7 Å². The summed E-state index contributed by atoms with van der Waals surface area (Å²) in [5.41, 5.74) is 0. The lowest BCUT2D eigenvalue weighted by molar-refractivity contribution is 0.257. The normalized spacial score (nSPS) is 28.8. The summed E-state index contributed by atoms with van der Waals surface area (Å²) in [6.45, 7) is 7.05. The second-order valence-corrected chi connectivity index (χ2v) is 4.67. The van der Waals surface area contributed by atoms with E-state index in [1.165, 1.54) is 12.8 Å². The molecule has 0 aromatic heterocycles. The van der Waals surface area contributed by atoms with E-state index in [2.05, 4.69) is 32.8 Å². The van der Waals surface area contributed by atoms with Gasteiger partial charge in [-0.05, 0) is 25.7 Å². The lowest BCUT2D eigenvalue weighted by Crippen LogP contribution is -2.27. The number of hydrogen-bond donors (Lipinski definition) is 0. The highest BCUT2D eigenvalue weighted by Crippen LogP contribution is 2.38. The molecule has 0 spiro atoms. The molecule has 0 aromatic rings. The van der Waals surface area contributed by atoms with Crippen molar-refractivity contribution < 1.29 is 4.65 Å². The van der Waals surface area contributed by atoms with E-state index in [-0.39, 0.29) is 0 Å². The van der Waals surface area contributed by atoms with Gasteiger partial charge in [-0.2, -0.15) is 0 Å². The van der Waals surface area contributed by atoms with E-state index in [1.807, 2.05) is 0 Å². The maximum atomic E-state index is 5.90. The van der Waals surface area contributed by atoms with Gasteiger partial charge in [-0.15, -0.1) is 0 Å². The van der Waals surface area contributed by atoms with Gasteiger partial charge in [-0.25, -0.2) is 0 Å². The lowest BCUT2D eigenvalue weighted by Gasteiger charge is -2.18. The second kappa shape index (κ2) is 5.01. The summed E-state index contributed by atoms with van der Waals surface area (Å²) >= 11 is 0. The molecular weight excluding hydrogens is 161 g/mol. The monoisotopic (exact) mass is 183 g/mol. The van der Waals surface area contributed by atoms with Gasteiger partial charge in [0.1, 0.15) is 0 Å². The molecule has 1 aliphatic rings. The van der Waals surface area contributed by atoms with Crippen molar-refractivity contribution in [3.63, 3.8) is 0 Å². The van der Waals surface area contributed by atoms with E-state index in [0.717, 1.165) is 24.8 Å². The first-order valence-electron chi connectivity index (χ1n) is 5.37. The van der Waals surface area contributed by atoms with Crippen LogP contribution in [0.5, 0.6) is 0 Å². The molecule has 0 N–H and O–H groups in total. The fourth-order valence-corrected chi connectivity index (χ4v) is 2.12. The highest BCUT2D eigenvalue weighted by Gasteiger charge is 2.35. The first kappa shape index (κ1) is 11.1. The van der Waals surface area contributed by atoms with Crippen molar-refractivity contribution in [1.29, 1.82) is 0 Å². The Morgan fingerprint density at radius 3 is 2.23 bits per heavy atom. The number of rotatable bonds is 4. The summed E-state index contributed by atoms with van der Waals surface area (Å²) in [6.07, 6.45) is 2.68. The van der Waals surface area contributed by atoms with E-state index in [1.54, 1.807) is 0 Å². The van der Waals surface area contributed by atoms with Gasteiger partial charge < -0.3 is 9.55 Å². The van der Waals surface area contributed by atoms with Gasteiger partial charge in [-0.1, -0.05) is 26.7 Å². The van der Waals surface area contributed by atoms with Crippen LogP contribution in [-0.2, 0) is 4.65 Å². The maximum absolute atomic E-state index is 5.90. The Morgan fingerprint density at radius 1 is 1.23 bits per heavy atom. The molecule has 2 atom stereocenters. The summed E-state index contributed by atoms with van der Waals surface area (Å²) in [5.74, 6) is 1.52. The van der Waals surface area contributed by atoms with E-state index in [9.17, 15) is 0 Å². The Bertz CT molecular complexity index is 142. The predicted molar refractivity (Wildman–Crippen MR) is 58.3 cm³/mol. The van der Waals surface area contributed by atoms with Crippen LogP contribution in [0.15, 0.2) is 0 Å². The van der Waals surface area contributed by atoms with Crippen LogP contribution in [0.4, 0.5) is 0 Å². The molecule has 3 heteroatoms. The average Bonchev–Trinajstić information content (AvgIpc) is 2.34. The highest BCUT2D eigenvalue weighted by molar-refractivity contribution is 6.56. The molecule has 1 rings (SSSR count). The van der Waals surface area contributed by atoms with Gasteiger partial charge in [0.25, 0.3) is 6.92 Å². The van der Waals surface area contributed by atoms with Gasteiger partial charge in [0, 0.05) is 13.2 Å². The maximum Gasteiger partial charge on any atom is 0.298 e. The summed E-state index contributed by atoms with van der Waals surface area (Å²) in [7, 11) is 4.18. The van der Waals surface area contributed by atoms with Gasteiger partial charge >= 0.3 is 0 Å². The standard InChI is InChI=1S/C10H22BNO/c1-9-5-6-10(2)11(9)13-8-7-12(3)4/h9-10H,5-8H2,1-4H3/t9-,10+. The average molecular weight is 183 g/mol. The highest BCUT2D eigenvalue weighted by atomic mass is 16.4. The van der Waals surface area contributed by atoms with Crippen molar-refractivity contribution in [2.75, 3.05) is 27.2 Å². The second-order valence-electron chi connectivity index (χ2n) is 4.67. The molecule has 0 amide bonds. The van der Waals surface area contributed by atoms with Crippen molar-refractivity contribution in [1.82, 2.24) is 4.90 Å². The van der Waals surface area contributed by atoms with Crippen LogP contribution in [0.3, 0.4) is 0 Å². The molecule has 0 aromatic carbocycles. The fraction of sp³-hybridized carbons (Fsp3) is 1.00. The van der Waals surface area contributed by atoms with Crippen molar-refractivity contribution in [2.45, 2.75) is 38.3 Å². The van der Waals surface area contributed by atoms with Crippen molar-refractivity contribution in [2.24, 2.45) is 0 Å². The number of likely N-dealkylation sites (N-methyl/N-ethyl adjacent to an activating group) is 1. The third kappa shape index (κ3) is 3.32. The smallest absolute Gasteiger partial charge is 0.298 e. The predicted octanol–water partition coefficient (Wildman–Crippen LogP) is 2.13. The number of hydrogen-bond acceptors (Lipinski definition) is 2. The Kier molecular flexibility index (Phi) is 4.27. The quantitative estimate of drug-likeness (QED) is 0.619. The topological polar surface area (TPSA) is 12.5 Å². The zero-order valence-electron chi connectivity index (χ0n) is 9.42. The zero-order valence-corrected chi connectivity index (χ0v) is 9.42. The largest absolute Gasteiger partial charge is 0.434 e. The van der Waals surface area contributed by atoms with Crippen molar-refractivity contribution >= 4 is 6.92 Å². The van der Waals surface area contributed by atoms with Crippen LogP contribution in [-0.4, -0.2) is 39.1 Å². The first-order valence-corrected chi connectivity index (χ1v) is 5.37. The minimum absolute atomic E-state index is 0.514. The van der Waals surface area contributed by atoms with Crippen LogP contribution < -0.4 is 0 Å². The minimum Gasteiger partial charge on any atom is -0.434 e. The minimum atomic E-state index is 0.514. The molecule has 1 aliphatic heterocycles. The molecule has 1 saturated heterocycles. The van der Waals surface area contributed by atoms with Gasteiger partial charge in [0.15, 0.2) is 0 Å². The summed E-state index contributed by atoms with van der Waals surface area (Å²) in [6, 6.07) is 0. The van der Waals surface area contributed by atoms with Crippen LogP contribution in [0.25, 0.3) is 0 Å². The third-order valence-electron chi connectivity index (χ3n) is 3.05. The van der Waals surface area contributed by atoms with E-state index in [0.29, 0.717) is 6.92 Å². The summed E-state index contributed by atoms with van der Waals surface area (Å²) in [4.78, 5) is 2.17. The molecule has 0 aliphatic carbocycles. The van der Waals surface area contributed by atoms with Crippen molar-refractivity contribution in [3.8, 4) is 0 Å². The Balaban J connectivity index is 2.19. The Hall–Kier alpha value is -0.0151. The van der Waals surface area contributed by atoms with Gasteiger partial charge in [0.2, 0.25) is 0 Å². The van der Waals surface area contributed by atoms with Gasteiger partial charge in [-0.3, -0.25) is 0 Å². The van der Waals surface area contributed by atoms with Crippen LogP contribution in [0.1, 0.15) is 26.7 Å². The molecule has 0 saturated carbocycles. The molecule has 0 radical (unpaired) electrons. The molecule has 2 nitrogen and oxygen atoms in total. The molecule has 0 bridgehead atoms. The lowest BCUT2D eigenvalue weighted by atomic mass is 9.53. The first-order chi connectivity index (χ1) is 6.11. The molecule has 76 valence electrons. The van der Waals surface area contributed by atoms with E-state index >= 15 is 0 Å².